The highest BCUT2D eigenvalue weighted by Gasteiger charge is 2.48. The highest BCUT2D eigenvalue weighted by Crippen LogP contribution is 2.29. The van der Waals surface area contributed by atoms with Crippen molar-refractivity contribution in [2.75, 3.05) is 66.0 Å². The maximum Gasteiger partial charge on any atom is 0.305 e. The molecule has 1 aromatic heterocycles. The number of phenols is 1. The van der Waals surface area contributed by atoms with Crippen LogP contribution < -0.4 is 53.6 Å². The number of aromatic amines is 1. The molecule has 134 heavy (non-hydrogen) atoms. The number of para-hydroxylation sites is 1. The number of nitrogens with zero attached hydrogens (tertiary/aromatic N) is 5. The largest absolute Gasteiger partial charge is 0.508 e. The van der Waals surface area contributed by atoms with Crippen LogP contribution in [-0.2, 0) is 118 Å². The van der Waals surface area contributed by atoms with Gasteiger partial charge in [0.2, 0.25) is 88.6 Å². The number of hydrogen-bond acceptors (Lipinski definition) is 21. The molecule has 0 bridgehead atoms. The zero-order valence-corrected chi connectivity index (χ0v) is 75.9. The lowest BCUT2D eigenvalue weighted by molar-refractivity contribution is -0.152. The summed E-state index contributed by atoms with van der Waals surface area (Å²) < 4.78 is 50.4. The van der Waals surface area contributed by atoms with Gasteiger partial charge in [-0.2, -0.15) is 0 Å². The first-order chi connectivity index (χ1) is 63.7. The molecule has 38 nitrogen and oxygen atoms in total. The monoisotopic (exact) mass is 1880 g/mol. The van der Waals surface area contributed by atoms with E-state index in [1.807, 2.05) is 0 Å². The van der Waals surface area contributed by atoms with Crippen LogP contribution in [0.1, 0.15) is 113 Å². The molecule has 9 rings (SSSR count). The summed E-state index contributed by atoms with van der Waals surface area (Å²) in [6.45, 7) is 2.94. The number of aliphatic hydroxyl groups excluding tert-OH is 1. The summed E-state index contributed by atoms with van der Waals surface area (Å²) in [5.41, 5.74) is 7.26. The number of aromatic nitrogens is 1. The summed E-state index contributed by atoms with van der Waals surface area (Å²) in [7, 11) is 4.84. The number of methoxy groups -OCH3 is 1. The molecule has 3 aliphatic rings. The zero-order valence-electron chi connectivity index (χ0n) is 75.1. The zero-order chi connectivity index (χ0) is 97.9. The molecule has 16 N–H and O–H groups in total. The maximum atomic E-state index is 15.7. The number of likely N-dealkylation sites (N-methyl/N-ethyl adjacent to an activating group) is 3. The minimum Gasteiger partial charge on any atom is -0.508 e. The summed E-state index contributed by atoms with van der Waals surface area (Å²) in [4.78, 5) is 258. The van der Waals surface area contributed by atoms with Crippen molar-refractivity contribution in [1.29, 1.82) is 0 Å². The van der Waals surface area contributed by atoms with Crippen molar-refractivity contribution in [3.8, 4) is 5.75 Å². The number of unbranched alkanes of at least 4 members (excludes halogenated alkanes) is 1. The number of hydrogen-bond donors (Lipinski definition) is 15. The van der Waals surface area contributed by atoms with Gasteiger partial charge < -0.3 is 108 Å². The fourth-order valence-corrected chi connectivity index (χ4v) is 17.1. The number of amides is 15. The van der Waals surface area contributed by atoms with Crippen LogP contribution in [0, 0.1) is 23.4 Å². The SMILES string of the molecule is CCCC[C@H]1C(=O)N2C[C@H](O)C[C@@H]2C(=O)N[C@@H](CC(=O)O)C(=O)N[C@@H](C(C)C)C(=O)N(C)[C@@H](Cc2ccccc2)C(=O)N[C@@H](CCC(=O)O)C(=O)N2CCC[C@@H]2C(=O)N[C@@H](Cc2c[nH]c3ccccc23)C(=O)N[C@@H](Cc2ccc(O)cc2)C(=O)N[C@@H](CCOC)C(=O)N[C@H](C(=O)NCC(N)=O)CSCC(=O)N[C@@H](Cc2cc(F)c(F)c(F)c2)C(=O)N(C)[C@@H](Cc2ccccc2)C(=O)N1C. The number of benzene rings is 5. The number of ether oxygens (including phenoxy) is 1. The summed E-state index contributed by atoms with van der Waals surface area (Å²) in [5, 5.41) is 65.9. The van der Waals surface area contributed by atoms with Crippen LogP contribution in [0.3, 0.4) is 0 Å². The Morgan fingerprint density at radius 2 is 1.10 bits per heavy atom. The number of carbonyl (C=O) groups is 17. The lowest BCUT2D eigenvalue weighted by Gasteiger charge is -2.38. The fourth-order valence-electron chi connectivity index (χ4n) is 16.3. The third kappa shape index (κ3) is 28.8. The predicted octanol–water partition coefficient (Wildman–Crippen LogP) is 0.687. The first kappa shape index (κ1) is 104. The number of aliphatic hydroxyl groups is 1. The molecular weight excluding hydrogens is 1770 g/mol. The standard InChI is InChI=1S/C92H115F3N16O22S/c1-8-9-25-70-91(131)111-47-57(113)43-72(111)87(127)104-66(44-77(118)119)84(124)106-79(50(2)3)92(132)108(5)71(40-51-19-12-10-13-20-51)86(126)101-63(31-32-76(116)117)89(129)110-34-18-26-69(110)85(125)103-65(42-55-45-97-61-24-17-16-23-58(55)61)83(123)102-64(38-53-27-29-56(112)30-28-53)82(122)100-62(33-35-133-7)81(121)105-68(80(120)98-46-74(96)114)48-134-49-75(115)99-67(39-54-36-59(93)78(95)60(94)37-54)88(128)109(6)73(90(130)107(70)4)41-52-21-14-11-15-22-52/h10-17,19-24,27-30,36-37,45,50,57,62-73,79,97,112-113H,8-9,18,25-26,31-35,38-44,46-49H2,1-7H3,(H2,96,114)(H,98,120)(H,99,115)(H,100,122)(H,101,126)(H,102,123)(H,103,125)(H,104,127)(H,105,121)(H,106,124)(H,116,117)(H,118,119)/t57-,62+,63+,64+,65+,66+,67+,68+,69-,70+,71+,72-,73+,79+/m1/s1. The number of nitrogens with one attached hydrogen (secondary N) is 10. The summed E-state index contributed by atoms with van der Waals surface area (Å²) in [6.07, 6.45) is -4.92. The average Bonchev–Trinajstić information content (AvgIpc) is 1.48. The van der Waals surface area contributed by atoms with Gasteiger partial charge in [0.05, 0.1) is 24.8 Å². The molecule has 14 atom stereocenters. The van der Waals surface area contributed by atoms with Crippen molar-refractivity contribution in [2.24, 2.45) is 11.7 Å². The predicted molar refractivity (Wildman–Crippen MR) is 480 cm³/mol. The number of rotatable bonds is 25. The Morgan fingerprint density at radius 3 is 1.72 bits per heavy atom. The van der Waals surface area contributed by atoms with E-state index >= 15 is 51.9 Å². The van der Waals surface area contributed by atoms with E-state index in [2.05, 4.69) is 52.8 Å². The van der Waals surface area contributed by atoms with E-state index in [1.165, 1.54) is 59.3 Å². The molecule has 15 amide bonds. The van der Waals surface area contributed by atoms with Crippen LogP contribution in [0.25, 0.3) is 10.9 Å². The van der Waals surface area contributed by atoms with E-state index in [9.17, 15) is 63.2 Å². The molecule has 6 aromatic rings. The molecule has 0 saturated carbocycles. The van der Waals surface area contributed by atoms with Crippen molar-refractivity contribution >= 4 is 123 Å². The second kappa shape index (κ2) is 49.3. The molecule has 3 aliphatic heterocycles. The van der Waals surface area contributed by atoms with Crippen LogP contribution in [0.4, 0.5) is 13.2 Å². The number of thioether (sulfide) groups is 1. The Bertz CT molecular complexity index is 5210. The Kier molecular flexibility index (Phi) is 38.3. The minimum atomic E-state index is -2.06. The molecule has 0 spiro atoms. The molecule has 3 fully saturated rings. The second-order valence-electron chi connectivity index (χ2n) is 33.7. The second-order valence-corrected chi connectivity index (χ2v) is 34.8. The van der Waals surface area contributed by atoms with E-state index in [0.717, 1.165) is 31.5 Å². The quantitative estimate of drug-likeness (QED) is 0.0351. The normalized spacial score (nSPS) is 24.0. The van der Waals surface area contributed by atoms with Crippen molar-refractivity contribution in [1.82, 2.24) is 77.3 Å². The van der Waals surface area contributed by atoms with Gasteiger partial charge in [-0.15, -0.1) is 11.8 Å². The topological polar surface area (TPSA) is 547 Å². The molecule has 4 heterocycles. The van der Waals surface area contributed by atoms with Crippen LogP contribution >= 0.6 is 11.8 Å². The molecule has 3 saturated heterocycles. The van der Waals surface area contributed by atoms with Gasteiger partial charge in [0, 0.05) is 116 Å². The number of nitrogens with two attached hydrogens (primary N) is 1. The third-order valence-corrected chi connectivity index (χ3v) is 24.6. The number of aliphatic carboxylic acids is 2. The Morgan fingerprint density at radius 1 is 0.552 bits per heavy atom. The molecule has 0 unspecified atom stereocenters. The highest BCUT2D eigenvalue weighted by atomic mass is 32.2. The number of carboxylic acids is 2. The minimum absolute atomic E-state index is 0.0714. The first-order valence-electron chi connectivity index (χ1n) is 43.9. The Hall–Kier alpha value is -13.5. The van der Waals surface area contributed by atoms with E-state index in [-0.39, 0.29) is 70.3 Å². The molecule has 0 radical (unpaired) electrons. The molecule has 722 valence electrons. The van der Waals surface area contributed by atoms with Crippen LogP contribution in [0.2, 0.25) is 0 Å². The molecular formula is C92H115F3N16O22S. The van der Waals surface area contributed by atoms with E-state index < -0.39 is 277 Å². The van der Waals surface area contributed by atoms with Crippen LogP contribution in [-0.4, -0.2) is 301 Å². The summed E-state index contributed by atoms with van der Waals surface area (Å²) in [6, 6.07) is 7.46. The summed E-state index contributed by atoms with van der Waals surface area (Å²) in [5.74, 6) is -26.6. The van der Waals surface area contributed by atoms with Gasteiger partial charge in [-0.25, -0.2) is 13.2 Å². The van der Waals surface area contributed by atoms with Crippen molar-refractivity contribution < 1.29 is 120 Å². The molecule has 42 heteroatoms. The van der Waals surface area contributed by atoms with Gasteiger partial charge in [0.1, 0.15) is 84.3 Å². The molecule has 5 aromatic carbocycles. The number of carbonyl (C=O) groups excluding carboxylic acids is 15. The third-order valence-electron chi connectivity index (χ3n) is 23.6. The Balaban J connectivity index is 1.14. The molecule has 0 aliphatic carbocycles. The number of fused-ring (bicyclic) bond motifs is 3. The number of carboxylic acid groups (broad SMARTS) is 2. The van der Waals surface area contributed by atoms with Gasteiger partial charge in [-0.1, -0.05) is 125 Å². The number of halogens is 3. The number of aromatic hydroxyl groups is 1. The van der Waals surface area contributed by atoms with E-state index in [1.54, 1.807) is 98.0 Å². The number of primary amides is 1. The van der Waals surface area contributed by atoms with Gasteiger partial charge >= 0.3 is 11.9 Å². The Labute approximate surface area is 774 Å². The maximum absolute atomic E-state index is 15.7. The van der Waals surface area contributed by atoms with E-state index in [0.29, 0.717) is 63.5 Å². The number of phenolic OH excluding ortho intramolecular Hbond substituents is 1. The fraction of sp³-hybridized carbons (Fsp3) is 0.467. The van der Waals surface area contributed by atoms with Gasteiger partial charge in [-0.3, -0.25) is 81.5 Å². The van der Waals surface area contributed by atoms with Gasteiger partial charge in [0.25, 0.3) is 0 Å². The lowest BCUT2D eigenvalue weighted by atomic mass is 9.98. The van der Waals surface area contributed by atoms with Crippen LogP contribution in [0.5, 0.6) is 5.75 Å². The van der Waals surface area contributed by atoms with E-state index in [4.69, 9.17) is 10.5 Å². The van der Waals surface area contributed by atoms with Crippen LogP contribution in [0.15, 0.2) is 128 Å². The number of H-pyrrole nitrogens is 1. The average molecular weight is 1890 g/mol. The first-order valence-corrected chi connectivity index (χ1v) is 45.0. The highest BCUT2D eigenvalue weighted by molar-refractivity contribution is 8.00. The van der Waals surface area contributed by atoms with Gasteiger partial charge in [0.15, 0.2) is 17.5 Å². The lowest BCUT2D eigenvalue weighted by Crippen LogP contribution is -2.62. The summed E-state index contributed by atoms with van der Waals surface area (Å²) >= 11 is 0.631. The van der Waals surface area contributed by atoms with Crippen molar-refractivity contribution in [3.05, 3.63) is 173 Å². The van der Waals surface area contributed by atoms with Crippen molar-refractivity contribution in [2.45, 2.75) is 202 Å². The smallest absolute Gasteiger partial charge is 0.305 e. The van der Waals surface area contributed by atoms with Gasteiger partial charge in [-0.05, 0) is 96.2 Å². The van der Waals surface area contributed by atoms with Crippen molar-refractivity contribution in [3.63, 3.8) is 0 Å².